The Morgan fingerprint density at radius 2 is 1.89 bits per heavy atom. The van der Waals surface area contributed by atoms with Gasteiger partial charge in [0.2, 0.25) is 0 Å². The van der Waals surface area contributed by atoms with Gasteiger partial charge < -0.3 is 5.32 Å². The maximum Gasteiger partial charge on any atom is 0.0435 e. The minimum absolute atomic E-state index is 0.415. The Morgan fingerprint density at radius 3 is 2.53 bits per heavy atom. The van der Waals surface area contributed by atoms with Crippen LogP contribution in [-0.4, -0.2) is 7.05 Å². The van der Waals surface area contributed by atoms with Crippen LogP contribution in [0.25, 0.3) is 10.4 Å². The largest absolute Gasteiger partial charge is 0.312 e. The summed E-state index contributed by atoms with van der Waals surface area (Å²) in [5, 5.41) is 4.19. The van der Waals surface area contributed by atoms with E-state index >= 15 is 0 Å². The Hall–Kier alpha value is -0.830. The molecule has 1 heterocycles. The Balaban J connectivity index is 2.38. The number of halogens is 1. The lowest BCUT2D eigenvalue weighted by Gasteiger charge is -2.18. The Bertz CT molecular complexity index is 560. The molecule has 2 rings (SSSR count). The van der Waals surface area contributed by atoms with E-state index in [9.17, 15) is 0 Å². The summed E-state index contributed by atoms with van der Waals surface area (Å²) < 4.78 is 0. The highest BCUT2D eigenvalue weighted by Gasteiger charge is 2.16. The molecule has 0 saturated heterocycles. The number of hydrogen-bond donors (Lipinski definition) is 1. The normalized spacial score (nSPS) is 12.9. The molecular formula is C16H20ClNS. The molecule has 0 aliphatic rings. The predicted molar refractivity (Wildman–Crippen MR) is 86.1 cm³/mol. The molecule has 0 aliphatic carbocycles. The fourth-order valence-corrected chi connectivity index (χ4v) is 3.87. The van der Waals surface area contributed by atoms with Gasteiger partial charge in [0.1, 0.15) is 0 Å². The van der Waals surface area contributed by atoms with E-state index in [4.69, 9.17) is 11.6 Å². The first kappa shape index (κ1) is 14.6. The first-order valence-electron chi connectivity index (χ1n) is 6.56. The monoisotopic (exact) mass is 293 g/mol. The number of hydrogen-bond acceptors (Lipinski definition) is 2. The number of rotatable bonds is 4. The summed E-state index contributed by atoms with van der Waals surface area (Å²) in [6.07, 6.45) is 0. The summed E-state index contributed by atoms with van der Waals surface area (Å²) in [7, 11) is 2.02. The zero-order valence-corrected chi connectivity index (χ0v) is 13.4. The SMILES string of the molecule is CNC(c1ccc(-c2cc(Cl)ccc2C)s1)C(C)C. The second-order valence-corrected chi connectivity index (χ2v) is 6.72. The molecule has 0 spiro atoms. The average molecular weight is 294 g/mol. The summed E-state index contributed by atoms with van der Waals surface area (Å²) in [5.41, 5.74) is 2.51. The maximum atomic E-state index is 6.11. The van der Waals surface area contributed by atoms with Gasteiger partial charge in [0, 0.05) is 20.8 Å². The molecule has 1 atom stereocenters. The van der Waals surface area contributed by atoms with Crippen LogP contribution in [0.3, 0.4) is 0 Å². The van der Waals surface area contributed by atoms with Crippen molar-refractivity contribution >= 4 is 22.9 Å². The third-order valence-electron chi connectivity index (χ3n) is 3.38. The molecule has 1 aromatic carbocycles. The van der Waals surface area contributed by atoms with E-state index in [1.54, 1.807) is 0 Å². The summed E-state index contributed by atoms with van der Waals surface area (Å²) >= 11 is 7.95. The van der Waals surface area contributed by atoms with E-state index in [1.807, 2.05) is 24.5 Å². The van der Waals surface area contributed by atoms with Gasteiger partial charge in [-0.2, -0.15) is 0 Å². The zero-order chi connectivity index (χ0) is 14.0. The van der Waals surface area contributed by atoms with Crippen molar-refractivity contribution in [2.24, 2.45) is 5.92 Å². The lowest BCUT2D eigenvalue weighted by Crippen LogP contribution is -2.20. The van der Waals surface area contributed by atoms with Crippen molar-refractivity contribution in [2.75, 3.05) is 7.05 Å². The molecular weight excluding hydrogens is 274 g/mol. The number of benzene rings is 1. The third kappa shape index (κ3) is 3.19. The summed E-state index contributed by atoms with van der Waals surface area (Å²) in [5.74, 6) is 0.581. The highest BCUT2D eigenvalue weighted by molar-refractivity contribution is 7.15. The molecule has 0 saturated carbocycles. The minimum atomic E-state index is 0.415. The lowest BCUT2D eigenvalue weighted by atomic mass is 10.0. The van der Waals surface area contributed by atoms with Crippen LogP contribution in [0.5, 0.6) is 0 Å². The molecule has 2 aromatic rings. The molecule has 0 radical (unpaired) electrons. The second-order valence-electron chi connectivity index (χ2n) is 5.17. The molecule has 102 valence electrons. The first-order chi connectivity index (χ1) is 9.02. The maximum absolute atomic E-state index is 6.11. The minimum Gasteiger partial charge on any atom is -0.312 e. The quantitative estimate of drug-likeness (QED) is 0.807. The molecule has 19 heavy (non-hydrogen) atoms. The van der Waals surface area contributed by atoms with Crippen molar-refractivity contribution < 1.29 is 0 Å². The Kier molecular flexibility index (Phi) is 4.67. The van der Waals surface area contributed by atoms with Crippen molar-refractivity contribution in [1.82, 2.24) is 5.32 Å². The first-order valence-corrected chi connectivity index (χ1v) is 7.76. The summed E-state index contributed by atoms with van der Waals surface area (Å²) in [6.45, 7) is 6.61. The predicted octanol–water partition coefficient (Wildman–Crippen LogP) is 5.29. The molecule has 0 fully saturated rings. The zero-order valence-electron chi connectivity index (χ0n) is 11.8. The van der Waals surface area contributed by atoms with Gasteiger partial charge in [-0.3, -0.25) is 0 Å². The topological polar surface area (TPSA) is 12.0 Å². The van der Waals surface area contributed by atoms with Crippen LogP contribution in [-0.2, 0) is 0 Å². The van der Waals surface area contributed by atoms with E-state index in [-0.39, 0.29) is 0 Å². The van der Waals surface area contributed by atoms with Crippen molar-refractivity contribution in [3.8, 4) is 10.4 Å². The molecule has 3 heteroatoms. The second kappa shape index (κ2) is 6.08. The third-order valence-corrected chi connectivity index (χ3v) is 4.81. The Labute approximate surface area is 124 Å². The number of thiophene rings is 1. The van der Waals surface area contributed by atoms with E-state index < -0.39 is 0 Å². The van der Waals surface area contributed by atoms with Crippen molar-refractivity contribution in [3.63, 3.8) is 0 Å². The van der Waals surface area contributed by atoms with E-state index in [2.05, 4.69) is 50.4 Å². The van der Waals surface area contributed by atoms with Crippen molar-refractivity contribution in [2.45, 2.75) is 26.8 Å². The van der Waals surface area contributed by atoms with Crippen LogP contribution in [0.15, 0.2) is 30.3 Å². The van der Waals surface area contributed by atoms with E-state index in [1.165, 1.54) is 20.9 Å². The van der Waals surface area contributed by atoms with Crippen LogP contribution < -0.4 is 5.32 Å². The average Bonchev–Trinajstić information content (AvgIpc) is 2.82. The van der Waals surface area contributed by atoms with Crippen LogP contribution in [0.2, 0.25) is 5.02 Å². The van der Waals surface area contributed by atoms with Gasteiger partial charge in [-0.25, -0.2) is 0 Å². The van der Waals surface area contributed by atoms with Crippen LogP contribution in [0, 0.1) is 12.8 Å². The smallest absolute Gasteiger partial charge is 0.0435 e. The van der Waals surface area contributed by atoms with Crippen LogP contribution >= 0.6 is 22.9 Å². The van der Waals surface area contributed by atoms with Gasteiger partial charge in [-0.1, -0.05) is 31.5 Å². The van der Waals surface area contributed by atoms with E-state index in [0.29, 0.717) is 12.0 Å². The van der Waals surface area contributed by atoms with E-state index in [0.717, 1.165) is 5.02 Å². The van der Waals surface area contributed by atoms with Gasteiger partial charge in [0.15, 0.2) is 0 Å². The molecule has 0 bridgehead atoms. The highest BCUT2D eigenvalue weighted by Crippen LogP contribution is 2.36. The van der Waals surface area contributed by atoms with Gasteiger partial charge >= 0.3 is 0 Å². The standard InChI is InChI=1S/C16H20ClNS/c1-10(2)16(18-4)15-8-7-14(19-15)13-9-12(17)6-5-11(13)3/h5-10,16,18H,1-4H3. The summed E-state index contributed by atoms with van der Waals surface area (Å²) in [4.78, 5) is 2.67. The molecule has 1 N–H and O–H groups in total. The van der Waals surface area contributed by atoms with Gasteiger partial charge in [-0.05, 0) is 55.3 Å². The summed E-state index contributed by atoms with van der Waals surface area (Å²) in [6, 6.07) is 10.9. The van der Waals surface area contributed by atoms with Crippen LogP contribution in [0.4, 0.5) is 0 Å². The van der Waals surface area contributed by atoms with Gasteiger partial charge in [0.05, 0.1) is 0 Å². The molecule has 1 unspecified atom stereocenters. The molecule has 1 nitrogen and oxygen atoms in total. The molecule has 0 aliphatic heterocycles. The molecule has 0 amide bonds. The number of nitrogens with one attached hydrogen (secondary N) is 1. The van der Waals surface area contributed by atoms with Crippen molar-refractivity contribution in [3.05, 3.63) is 45.8 Å². The Morgan fingerprint density at radius 1 is 1.16 bits per heavy atom. The lowest BCUT2D eigenvalue weighted by molar-refractivity contribution is 0.449. The van der Waals surface area contributed by atoms with Gasteiger partial charge in [-0.15, -0.1) is 11.3 Å². The van der Waals surface area contributed by atoms with Gasteiger partial charge in [0.25, 0.3) is 0 Å². The van der Waals surface area contributed by atoms with Crippen LogP contribution in [0.1, 0.15) is 30.3 Å². The highest BCUT2D eigenvalue weighted by atomic mass is 35.5. The molecule has 1 aromatic heterocycles. The van der Waals surface area contributed by atoms with Crippen molar-refractivity contribution in [1.29, 1.82) is 0 Å². The number of aryl methyl sites for hydroxylation is 1. The fourth-order valence-electron chi connectivity index (χ4n) is 2.33. The fraction of sp³-hybridized carbons (Fsp3) is 0.375.